The van der Waals surface area contributed by atoms with Crippen LogP contribution in [0.4, 0.5) is 11.4 Å². The molecule has 1 aliphatic rings. The Kier molecular flexibility index (Phi) is 2.59. The summed E-state index contributed by atoms with van der Waals surface area (Å²) in [5.74, 6) is 0. The molecule has 0 saturated carbocycles. The van der Waals surface area contributed by atoms with Gasteiger partial charge in [-0.05, 0) is 37.1 Å². The number of aliphatic hydroxyl groups excluding tert-OH is 1. The lowest BCUT2D eigenvalue weighted by Gasteiger charge is -2.25. The Labute approximate surface area is 84.1 Å². The van der Waals surface area contributed by atoms with Gasteiger partial charge in [-0.25, -0.2) is 0 Å². The zero-order valence-electron chi connectivity index (χ0n) is 8.19. The van der Waals surface area contributed by atoms with Crippen molar-refractivity contribution in [3.8, 4) is 0 Å². The molecule has 3 heteroatoms. The topological polar surface area (TPSA) is 49.5 Å². The second-order valence-corrected chi connectivity index (χ2v) is 3.76. The second-order valence-electron chi connectivity index (χ2n) is 3.76. The molecule has 0 aliphatic carbocycles. The number of hydrogen-bond donors (Lipinski definition) is 2. The Balaban J connectivity index is 2.17. The van der Waals surface area contributed by atoms with Crippen LogP contribution < -0.4 is 10.6 Å². The highest BCUT2D eigenvalue weighted by Gasteiger charge is 2.23. The molecule has 3 N–H and O–H groups in total. The van der Waals surface area contributed by atoms with Crippen molar-refractivity contribution in [1.29, 1.82) is 0 Å². The third-order valence-electron chi connectivity index (χ3n) is 2.81. The molecule has 2 rings (SSSR count). The van der Waals surface area contributed by atoms with Gasteiger partial charge >= 0.3 is 0 Å². The summed E-state index contributed by atoms with van der Waals surface area (Å²) in [6.45, 7) is 1.28. The van der Waals surface area contributed by atoms with E-state index in [-0.39, 0.29) is 6.61 Å². The summed E-state index contributed by atoms with van der Waals surface area (Å²) in [4.78, 5) is 2.25. The molecular formula is C11H16N2O. The average Bonchev–Trinajstić information content (AvgIpc) is 2.67. The van der Waals surface area contributed by atoms with E-state index in [1.807, 2.05) is 24.3 Å². The van der Waals surface area contributed by atoms with E-state index >= 15 is 0 Å². The lowest BCUT2D eigenvalue weighted by molar-refractivity contribution is 0.266. The summed E-state index contributed by atoms with van der Waals surface area (Å²) in [6.07, 6.45) is 2.25. The lowest BCUT2D eigenvalue weighted by Crippen LogP contribution is -2.31. The third-order valence-corrected chi connectivity index (χ3v) is 2.81. The minimum Gasteiger partial charge on any atom is -0.399 e. The van der Waals surface area contributed by atoms with E-state index in [0.29, 0.717) is 6.04 Å². The summed E-state index contributed by atoms with van der Waals surface area (Å²) in [5.41, 5.74) is 7.57. The number of benzene rings is 1. The number of hydrogen-bond acceptors (Lipinski definition) is 3. The fraction of sp³-hybridized carbons (Fsp3) is 0.455. The number of nitrogen functional groups attached to an aromatic ring is 1. The van der Waals surface area contributed by atoms with Gasteiger partial charge < -0.3 is 15.7 Å². The molecule has 76 valence electrons. The highest BCUT2D eigenvalue weighted by Crippen LogP contribution is 2.25. The SMILES string of the molecule is Nc1ccc(N2CCCC2CO)cc1. The van der Waals surface area contributed by atoms with E-state index in [2.05, 4.69) is 4.90 Å². The Morgan fingerprint density at radius 3 is 2.71 bits per heavy atom. The molecule has 1 atom stereocenters. The third kappa shape index (κ3) is 1.68. The Hall–Kier alpha value is -1.22. The predicted molar refractivity (Wildman–Crippen MR) is 58.3 cm³/mol. The first-order valence-electron chi connectivity index (χ1n) is 5.04. The summed E-state index contributed by atoms with van der Waals surface area (Å²) in [7, 11) is 0. The number of rotatable bonds is 2. The van der Waals surface area contributed by atoms with Crippen molar-refractivity contribution in [1.82, 2.24) is 0 Å². The van der Waals surface area contributed by atoms with E-state index in [0.717, 1.165) is 30.8 Å². The van der Waals surface area contributed by atoms with Crippen LogP contribution in [-0.2, 0) is 0 Å². The summed E-state index contributed by atoms with van der Waals surface area (Å²) < 4.78 is 0. The van der Waals surface area contributed by atoms with Crippen molar-refractivity contribution < 1.29 is 5.11 Å². The first kappa shape index (κ1) is 9.34. The van der Waals surface area contributed by atoms with Gasteiger partial charge in [-0.2, -0.15) is 0 Å². The van der Waals surface area contributed by atoms with Gasteiger partial charge in [0.05, 0.1) is 12.6 Å². The molecule has 0 spiro atoms. The molecule has 1 aromatic rings. The van der Waals surface area contributed by atoms with Crippen molar-refractivity contribution in [2.45, 2.75) is 18.9 Å². The normalized spacial score (nSPS) is 21.5. The average molecular weight is 192 g/mol. The highest BCUT2D eigenvalue weighted by atomic mass is 16.3. The van der Waals surface area contributed by atoms with Gasteiger partial charge in [-0.1, -0.05) is 0 Å². The Bertz CT molecular complexity index is 297. The predicted octanol–water partition coefficient (Wildman–Crippen LogP) is 1.23. The van der Waals surface area contributed by atoms with Gasteiger partial charge in [-0.15, -0.1) is 0 Å². The minimum atomic E-state index is 0.240. The van der Waals surface area contributed by atoms with Crippen LogP contribution in [0.15, 0.2) is 24.3 Å². The van der Waals surface area contributed by atoms with Gasteiger partial charge in [0.1, 0.15) is 0 Å². The zero-order valence-corrected chi connectivity index (χ0v) is 8.19. The number of anilines is 2. The maximum absolute atomic E-state index is 9.19. The number of nitrogens with zero attached hydrogens (tertiary/aromatic N) is 1. The molecule has 1 unspecified atom stereocenters. The Morgan fingerprint density at radius 2 is 2.07 bits per heavy atom. The van der Waals surface area contributed by atoms with Crippen LogP contribution in [0.2, 0.25) is 0 Å². The molecule has 14 heavy (non-hydrogen) atoms. The quantitative estimate of drug-likeness (QED) is 0.693. The molecule has 1 heterocycles. The summed E-state index contributed by atoms with van der Waals surface area (Å²) >= 11 is 0. The minimum absolute atomic E-state index is 0.240. The zero-order chi connectivity index (χ0) is 9.97. The molecular weight excluding hydrogens is 176 g/mol. The van der Waals surface area contributed by atoms with Crippen LogP contribution in [0.5, 0.6) is 0 Å². The van der Waals surface area contributed by atoms with Crippen molar-refractivity contribution in [3.05, 3.63) is 24.3 Å². The second kappa shape index (κ2) is 3.88. The first-order valence-corrected chi connectivity index (χ1v) is 5.04. The molecule has 0 bridgehead atoms. The van der Waals surface area contributed by atoms with E-state index < -0.39 is 0 Å². The van der Waals surface area contributed by atoms with E-state index in [1.54, 1.807) is 0 Å². The molecule has 0 amide bonds. The van der Waals surface area contributed by atoms with Crippen LogP contribution in [-0.4, -0.2) is 24.3 Å². The molecule has 0 radical (unpaired) electrons. The van der Waals surface area contributed by atoms with Gasteiger partial charge in [0.2, 0.25) is 0 Å². The maximum Gasteiger partial charge on any atom is 0.0635 e. The van der Waals surface area contributed by atoms with Crippen molar-refractivity contribution in [3.63, 3.8) is 0 Å². The Morgan fingerprint density at radius 1 is 1.36 bits per heavy atom. The van der Waals surface area contributed by atoms with Crippen LogP contribution >= 0.6 is 0 Å². The highest BCUT2D eigenvalue weighted by molar-refractivity contribution is 5.54. The van der Waals surface area contributed by atoms with Gasteiger partial charge in [0, 0.05) is 17.9 Å². The monoisotopic (exact) mass is 192 g/mol. The van der Waals surface area contributed by atoms with Crippen LogP contribution in [0.3, 0.4) is 0 Å². The van der Waals surface area contributed by atoms with E-state index in [9.17, 15) is 5.11 Å². The summed E-state index contributed by atoms with van der Waals surface area (Å²) in [6, 6.07) is 8.13. The molecule has 1 fully saturated rings. The first-order chi connectivity index (χ1) is 6.81. The van der Waals surface area contributed by atoms with Gasteiger partial charge in [-0.3, -0.25) is 0 Å². The van der Waals surface area contributed by atoms with Crippen molar-refractivity contribution >= 4 is 11.4 Å². The van der Waals surface area contributed by atoms with Crippen LogP contribution in [0.25, 0.3) is 0 Å². The van der Waals surface area contributed by atoms with Crippen LogP contribution in [0.1, 0.15) is 12.8 Å². The van der Waals surface area contributed by atoms with Gasteiger partial charge in [0.15, 0.2) is 0 Å². The molecule has 1 aromatic carbocycles. The van der Waals surface area contributed by atoms with Crippen molar-refractivity contribution in [2.75, 3.05) is 23.8 Å². The number of aliphatic hydroxyl groups is 1. The summed E-state index contributed by atoms with van der Waals surface area (Å²) in [5, 5.41) is 9.19. The molecule has 1 saturated heterocycles. The number of nitrogens with two attached hydrogens (primary N) is 1. The standard InChI is InChI=1S/C11H16N2O/c12-9-3-5-10(6-4-9)13-7-1-2-11(13)8-14/h3-6,11,14H,1-2,7-8,12H2. The smallest absolute Gasteiger partial charge is 0.0635 e. The van der Waals surface area contributed by atoms with Crippen LogP contribution in [0, 0.1) is 0 Å². The molecule has 1 aliphatic heterocycles. The van der Waals surface area contributed by atoms with Gasteiger partial charge in [0.25, 0.3) is 0 Å². The van der Waals surface area contributed by atoms with Crippen molar-refractivity contribution in [2.24, 2.45) is 0 Å². The lowest BCUT2D eigenvalue weighted by atomic mass is 10.2. The fourth-order valence-electron chi connectivity index (χ4n) is 2.03. The maximum atomic E-state index is 9.19. The van der Waals surface area contributed by atoms with E-state index in [4.69, 9.17) is 5.73 Å². The fourth-order valence-corrected chi connectivity index (χ4v) is 2.03. The largest absolute Gasteiger partial charge is 0.399 e. The van der Waals surface area contributed by atoms with E-state index in [1.165, 1.54) is 0 Å². The molecule has 3 nitrogen and oxygen atoms in total. The molecule has 0 aromatic heterocycles.